The summed E-state index contributed by atoms with van der Waals surface area (Å²) < 4.78 is 25.8. The van der Waals surface area contributed by atoms with Crippen LogP contribution in [0.4, 0.5) is 5.69 Å². The summed E-state index contributed by atoms with van der Waals surface area (Å²) in [5, 5.41) is 11.8. The number of aryl methyl sites for hydroxylation is 1. The van der Waals surface area contributed by atoms with Gasteiger partial charge in [0.2, 0.25) is 15.9 Å². The van der Waals surface area contributed by atoms with Gasteiger partial charge in [-0.3, -0.25) is 14.5 Å². The quantitative estimate of drug-likeness (QED) is 0.766. The molecule has 1 fully saturated rings. The number of carboxylic acids is 1. The van der Waals surface area contributed by atoms with Crippen LogP contribution in [-0.2, 0) is 19.6 Å². The molecule has 1 unspecified atom stereocenters. The van der Waals surface area contributed by atoms with Gasteiger partial charge in [-0.1, -0.05) is 6.07 Å². The Balaban J connectivity index is 2.13. The third kappa shape index (κ3) is 4.36. The van der Waals surface area contributed by atoms with E-state index >= 15 is 0 Å². The highest BCUT2D eigenvalue weighted by molar-refractivity contribution is 7.89. The molecule has 9 heteroatoms. The van der Waals surface area contributed by atoms with Crippen LogP contribution in [0.1, 0.15) is 18.4 Å². The van der Waals surface area contributed by atoms with Crippen molar-refractivity contribution >= 4 is 27.6 Å². The number of carbonyl (C=O) groups is 2. The molecule has 1 aliphatic heterocycles. The molecule has 1 heterocycles. The Morgan fingerprint density at radius 3 is 2.64 bits per heavy atom. The molecule has 1 amide bonds. The summed E-state index contributed by atoms with van der Waals surface area (Å²) in [5.41, 5.74) is 0.944. The molecule has 138 valence electrons. The SMILES string of the molecule is Cc1ccc(NC(=O)CN2CCCC2C(=O)O)cc1S(=O)(=O)N(C)C. The van der Waals surface area contributed by atoms with Crippen LogP contribution in [0.2, 0.25) is 0 Å². The van der Waals surface area contributed by atoms with Crippen LogP contribution in [0.5, 0.6) is 0 Å². The number of nitrogens with zero attached hydrogens (tertiary/aromatic N) is 2. The lowest BCUT2D eigenvalue weighted by atomic mass is 10.2. The Bertz CT molecular complexity index is 776. The zero-order valence-electron chi connectivity index (χ0n) is 14.5. The smallest absolute Gasteiger partial charge is 0.320 e. The van der Waals surface area contributed by atoms with E-state index in [9.17, 15) is 18.0 Å². The second-order valence-electron chi connectivity index (χ2n) is 6.28. The van der Waals surface area contributed by atoms with Gasteiger partial charge in [0.05, 0.1) is 11.4 Å². The number of benzene rings is 1. The van der Waals surface area contributed by atoms with Gasteiger partial charge in [-0.05, 0) is 44.0 Å². The molecule has 2 N–H and O–H groups in total. The lowest BCUT2D eigenvalue weighted by Gasteiger charge is -2.20. The standard InChI is InChI=1S/C16H23N3O5S/c1-11-6-7-12(9-14(11)25(23,24)18(2)3)17-15(20)10-19-8-4-5-13(19)16(21)22/h6-7,9,13H,4-5,8,10H2,1-3H3,(H,17,20)(H,21,22). The summed E-state index contributed by atoms with van der Waals surface area (Å²) in [6, 6.07) is 4.03. The fourth-order valence-corrected chi connectivity index (χ4v) is 3.98. The topological polar surface area (TPSA) is 107 Å². The van der Waals surface area contributed by atoms with E-state index in [1.165, 1.54) is 20.2 Å². The molecule has 25 heavy (non-hydrogen) atoms. The fraction of sp³-hybridized carbons (Fsp3) is 0.500. The minimum Gasteiger partial charge on any atom is -0.480 e. The average Bonchev–Trinajstić information content (AvgIpc) is 2.97. The number of aliphatic carboxylic acids is 1. The number of carbonyl (C=O) groups excluding carboxylic acids is 1. The Morgan fingerprint density at radius 2 is 2.04 bits per heavy atom. The van der Waals surface area contributed by atoms with Crippen molar-refractivity contribution in [3.8, 4) is 0 Å². The molecular weight excluding hydrogens is 346 g/mol. The number of anilines is 1. The molecule has 8 nitrogen and oxygen atoms in total. The van der Waals surface area contributed by atoms with Crippen LogP contribution in [0.15, 0.2) is 23.1 Å². The average molecular weight is 369 g/mol. The number of hydrogen-bond acceptors (Lipinski definition) is 5. The van der Waals surface area contributed by atoms with Crippen molar-refractivity contribution in [2.45, 2.75) is 30.7 Å². The second-order valence-corrected chi connectivity index (χ2v) is 8.40. The van der Waals surface area contributed by atoms with Crippen molar-refractivity contribution < 1.29 is 23.1 Å². The zero-order chi connectivity index (χ0) is 18.8. The first kappa shape index (κ1) is 19.4. The molecule has 1 saturated heterocycles. The third-order valence-electron chi connectivity index (χ3n) is 4.23. The lowest BCUT2D eigenvalue weighted by Crippen LogP contribution is -2.40. The van der Waals surface area contributed by atoms with Crippen LogP contribution in [0, 0.1) is 6.92 Å². The van der Waals surface area contributed by atoms with Crippen LogP contribution in [-0.4, -0.2) is 67.8 Å². The van der Waals surface area contributed by atoms with Crippen molar-refractivity contribution in [1.29, 1.82) is 0 Å². The largest absolute Gasteiger partial charge is 0.480 e. The number of amides is 1. The van der Waals surface area contributed by atoms with Gasteiger partial charge in [0.25, 0.3) is 0 Å². The summed E-state index contributed by atoms with van der Waals surface area (Å²) in [4.78, 5) is 25.1. The summed E-state index contributed by atoms with van der Waals surface area (Å²) in [7, 11) is -0.727. The normalized spacial score (nSPS) is 18.5. The molecule has 0 saturated carbocycles. The van der Waals surface area contributed by atoms with E-state index in [1.807, 2.05) is 0 Å². The number of nitrogens with one attached hydrogen (secondary N) is 1. The van der Waals surface area contributed by atoms with E-state index in [2.05, 4.69) is 5.32 Å². The number of likely N-dealkylation sites (tertiary alicyclic amines) is 1. The van der Waals surface area contributed by atoms with Gasteiger partial charge in [-0.2, -0.15) is 0 Å². The van der Waals surface area contributed by atoms with Gasteiger partial charge >= 0.3 is 5.97 Å². The Hall–Kier alpha value is -1.97. The van der Waals surface area contributed by atoms with Gasteiger partial charge in [-0.15, -0.1) is 0 Å². The zero-order valence-corrected chi connectivity index (χ0v) is 15.3. The minimum absolute atomic E-state index is 0.0411. The highest BCUT2D eigenvalue weighted by Crippen LogP contribution is 2.23. The summed E-state index contributed by atoms with van der Waals surface area (Å²) in [5.74, 6) is -1.30. The van der Waals surface area contributed by atoms with Crippen molar-refractivity contribution in [3.63, 3.8) is 0 Å². The predicted molar refractivity (Wildman–Crippen MR) is 92.9 cm³/mol. The van der Waals surface area contributed by atoms with E-state index in [4.69, 9.17) is 5.11 Å². The van der Waals surface area contributed by atoms with Crippen LogP contribution >= 0.6 is 0 Å². The Kier molecular flexibility index (Phi) is 5.81. The van der Waals surface area contributed by atoms with E-state index in [1.54, 1.807) is 24.0 Å². The highest BCUT2D eigenvalue weighted by atomic mass is 32.2. The molecule has 1 aromatic rings. The fourth-order valence-electron chi connectivity index (χ4n) is 2.83. The number of sulfonamides is 1. The van der Waals surface area contributed by atoms with Gasteiger partial charge in [-0.25, -0.2) is 12.7 Å². The molecule has 2 rings (SSSR count). The number of rotatable bonds is 6. The van der Waals surface area contributed by atoms with E-state index in [-0.39, 0.29) is 17.3 Å². The van der Waals surface area contributed by atoms with Crippen molar-refractivity contribution in [1.82, 2.24) is 9.21 Å². The maximum Gasteiger partial charge on any atom is 0.320 e. The monoisotopic (exact) mass is 369 g/mol. The summed E-state index contributed by atoms with van der Waals surface area (Å²) in [6.45, 7) is 2.20. The van der Waals surface area contributed by atoms with Gasteiger partial charge in [0, 0.05) is 19.8 Å². The number of hydrogen-bond donors (Lipinski definition) is 2. The molecule has 1 atom stereocenters. The Morgan fingerprint density at radius 1 is 1.36 bits per heavy atom. The van der Waals surface area contributed by atoms with Crippen LogP contribution < -0.4 is 5.32 Å². The molecule has 0 bridgehead atoms. The van der Waals surface area contributed by atoms with Crippen LogP contribution in [0.25, 0.3) is 0 Å². The summed E-state index contributed by atoms with van der Waals surface area (Å²) >= 11 is 0. The molecule has 0 aromatic heterocycles. The maximum atomic E-state index is 12.3. The molecule has 0 aliphatic carbocycles. The van der Waals surface area contributed by atoms with E-state index < -0.39 is 22.0 Å². The first-order chi connectivity index (χ1) is 11.6. The molecule has 0 spiro atoms. The summed E-state index contributed by atoms with van der Waals surface area (Å²) in [6.07, 6.45) is 1.26. The maximum absolute atomic E-state index is 12.3. The van der Waals surface area contributed by atoms with Crippen molar-refractivity contribution in [2.24, 2.45) is 0 Å². The minimum atomic E-state index is -3.61. The lowest BCUT2D eigenvalue weighted by molar-refractivity contribution is -0.142. The van der Waals surface area contributed by atoms with E-state index in [0.717, 1.165) is 10.7 Å². The van der Waals surface area contributed by atoms with Crippen molar-refractivity contribution in [2.75, 3.05) is 32.5 Å². The second kappa shape index (κ2) is 7.51. The Labute approximate surface area is 147 Å². The highest BCUT2D eigenvalue weighted by Gasteiger charge is 2.31. The molecule has 1 aromatic carbocycles. The predicted octanol–water partition coefficient (Wildman–Crippen LogP) is 0.733. The third-order valence-corrected chi connectivity index (χ3v) is 6.18. The van der Waals surface area contributed by atoms with Crippen molar-refractivity contribution in [3.05, 3.63) is 23.8 Å². The number of carboxylic acid groups (broad SMARTS) is 1. The first-order valence-electron chi connectivity index (χ1n) is 7.93. The molecule has 0 radical (unpaired) electrons. The molecule has 1 aliphatic rings. The van der Waals surface area contributed by atoms with Gasteiger partial charge in [0.1, 0.15) is 6.04 Å². The van der Waals surface area contributed by atoms with Gasteiger partial charge in [0.15, 0.2) is 0 Å². The van der Waals surface area contributed by atoms with Crippen LogP contribution in [0.3, 0.4) is 0 Å². The molecular formula is C16H23N3O5S. The van der Waals surface area contributed by atoms with E-state index in [0.29, 0.717) is 24.2 Å². The first-order valence-corrected chi connectivity index (χ1v) is 9.37. The van der Waals surface area contributed by atoms with Gasteiger partial charge < -0.3 is 10.4 Å².